The normalized spacial score (nSPS) is 14.6. The predicted molar refractivity (Wildman–Crippen MR) is 150 cm³/mol. The third-order valence-corrected chi connectivity index (χ3v) is 5.91. The van der Waals surface area contributed by atoms with Crippen molar-refractivity contribution in [3.05, 3.63) is 0 Å². The largest absolute Gasteiger partial charge is 0.481 e. The highest BCUT2D eigenvalue weighted by Gasteiger charge is 2.31. The minimum absolute atomic E-state index is 0.0210. The molecule has 6 amide bonds. The first kappa shape index (κ1) is 37.2. The van der Waals surface area contributed by atoms with Gasteiger partial charge in [-0.05, 0) is 44.9 Å². The van der Waals surface area contributed by atoms with Crippen molar-refractivity contribution in [2.45, 2.75) is 97.4 Å². The van der Waals surface area contributed by atoms with Gasteiger partial charge in [-0.3, -0.25) is 33.6 Å². The molecule has 234 valence electrons. The zero-order valence-electron chi connectivity index (χ0n) is 25.0. The molecule has 0 aromatic rings. The summed E-state index contributed by atoms with van der Waals surface area (Å²) in [6.45, 7) is 9.88. The Kier molecular flexibility index (Phi) is 16.9. The van der Waals surface area contributed by atoms with Gasteiger partial charge >= 0.3 is 5.97 Å². The molecule has 15 heteroatoms. The molecule has 0 heterocycles. The number of carbonyl (C=O) groups excluding carboxylic acids is 6. The number of rotatable bonds is 18. The van der Waals surface area contributed by atoms with Crippen LogP contribution in [0.15, 0.2) is 0 Å². The lowest BCUT2D eigenvalue weighted by Crippen LogP contribution is -2.58. The molecule has 0 fully saturated rings. The highest BCUT2D eigenvalue weighted by Crippen LogP contribution is 2.08. The van der Waals surface area contributed by atoms with Gasteiger partial charge < -0.3 is 42.7 Å². The lowest BCUT2D eigenvalue weighted by molar-refractivity contribution is -0.138. The number of likely N-dealkylation sites (N-methyl/N-ethyl adjacent to an activating group) is 1. The third kappa shape index (κ3) is 15.0. The number of nitrogens with two attached hydrogens (primary N) is 1. The minimum Gasteiger partial charge on any atom is -0.481 e. The monoisotopic (exact) mass is 585 g/mol. The van der Waals surface area contributed by atoms with Gasteiger partial charge in [-0.2, -0.15) is 0 Å². The second-order valence-corrected chi connectivity index (χ2v) is 10.7. The van der Waals surface area contributed by atoms with Crippen molar-refractivity contribution in [2.24, 2.45) is 17.6 Å². The van der Waals surface area contributed by atoms with E-state index in [1.54, 1.807) is 0 Å². The Morgan fingerprint density at radius 3 is 1.46 bits per heavy atom. The fourth-order valence-electron chi connectivity index (χ4n) is 3.73. The van der Waals surface area contributed by atoms with Gasteiger partial charge in [0.05, 0.1) is 6.54 Å². The lowest BCUT2D eigenvalue weighted by atomic mass is 10.0. The highest BCUT2D eigenvalue weighted by molar-refractivity contribution is 5.96. The number of carboxylic acid groups (broad SMARTS) is 1. The van der Waals surface area contributed by atoms with E-state index in [-0.39, 0.29) is 31.2 Å². The van der Waals surface area contributed by atoms with Gasteiger partial charge in [0.2, 0.25) is 35.4 Å². The molecule has 0 aliphatic rings. The van der Waals surface area contributed by atoms with Crippen LogP contribution in [0.4, 0.5) is 0 Å². The summed E-state index contributed by atoms with van der Waals surface area (Å²) in [5.74, 6) is -4.95. The van der Waals surface area contributed by atoms with Crippen LogP contribution in [0, 0.1) is 11.8 Å². The quantitative estimate of drug-likeness (QED) is 0.0896. The summed E-state index contributed by atoms with van der Waals surface area (Å²) in [5.41, 5.74) is 5.25. The Balaban J connectivity index is 5.56. The van der Waals surface area contributed by atoms with Crippen molar-refractivity contribution in [1.82, 2.24) is 31.9 Å². The number of carbonyl (C=O) groups is 7. The lowest BCUT2D eigenvalue weighted by Gasteiger charge is -2.26. The molecular formula is C26H47N7O8. The number of aliphatic carboxylic acids is 1. The van der Waals surface area contributed by atoms with Crippen molar-refractivity contribution in [1.29, 1.82) is 0 Å². The van der Waals surface area contributed by atoms with Gasteiger partial charge in [0, 0.05) is 13.5 Å². The molecule has 0 aliphatic carbocycles. The van der Waals surface area contributed by atoms with E-state index < -0.39 is 78.0 Å². The Hall–Kier alpha value is -3.75. The molecule has 0 saturated heterocycles. The van der Waals surface area contributed by atoms with E-state index in [0.717, 1.165) is 0 Å². The summed E-state index contributed by atoms with van der Waals surface area (Å²) in [6, 6.07) is -5.36. The summed E-state index contributed by atoms with van der Waals surface area (Å²) in [6.07, 6.45) is -0.151. The maximum atomic E-state index is 13.0. The molecule has 0 aromatic carbocycles. The van der Waals surface area contributed by atoms with Crippen molar-refractivity contribution in [2.75, 3.05) is 13.6 Å². The average molecular weight is 586 g/mol. The summed E-state index contributed by atoms with van der Waals surface area (Å²) in [5, 5.41) is 24.0. The summed E-state index contributed by atoms with van der Waals surface area (Å²) >= 11 is 0. The zero-order valence-corrected chi connectivity index (χ0v) is 25.0. The molecular weight excluding hydrogens is 538 g/mol. The molecule has 41 heavy (non-hydrogen) atoms. The minimum atomic E-state index is -1.30. The molecule has 0 aliphatic heterocycles. The Morgan fingerprint density at radius 1 is 0.610 bits per heavy atom. The second kappa shape index (κ2) is 18.6. The Morgan fingerprint density at radius 2 is 1.02 bits per heavy atom. The van der Waals surface area contributed by atoms with Gasteiger partial charge in [0.15, 0.2) is 0 Å². The summed E-state index contributed by atoms with van der Waals surface area (Å²) in [7, 11) is 1.42. The number of carboxylic acids is 1. The standard InChI is InChI=1S/C26H47N7O8/c1-13(2)10-18(24(39)28-7)33-25(40)17(8-9-21(35)36)31-23(38)16(6)30-26(41)19(11-14(3)4)32-22(37)15(5)29-20(34)12-27/h13-19H,8-12,27H2,1-7H3,(H,28,39)(H,29,34)(H,30,41)(H,31,38)(H,32,37)(H,33,40)(H,35,36)/t15-,16-,17-,18-,19-/m0/s1. The first-order chi connectivity index (χ1) is 19.0. The van der Waals surface area contributed by atoms with Crippen LogP contribution in [0.3, 0.4) is 0 Å². The van der Waals surface area contributed by atoms with Crippen LogP contribution < -0.4 is 37.6 Å². The van der Waals surface area contributed by atoms with Crippen LogP contribution in [0.2, 0.25) is 0 Å². The average Bonchev–Trinajstić information content (AvgIpc) is 2.88. The van der Waals surface area contributed by atoms with E-state index in [1.807, 2.05) is 27.7 Å². The molecule has 15 nitrogen and oxygen atoms in total. The summed E-state index contributed by atoms with van der Waals surface area (Å²) in [4.78, 5) is 86.4. The van der Waals surface area contributed by atoms with E-state index in [9.17, 15) is 33.6 Å². The van der Waals surface area contributed by atoms with Crippen molar-refractivity contribution in [3.63, 3.8) is 0 Å². The Bertz CT molecular complexity index is 941. The zero-order chi connectivity index (χ0) is 31.9. The number of hydrogen-bond donors (Lipinski definition) is 8. The Labute approximate surface area is 240 Å². The van der Waals surface area contributed by atoms with Crippen LogP contribution >= 0.6 is 0 Å². The molecule has 0 unspecified atom stereocenters. The number of amides is 6. The van der Waals surface area contributed by atoms with Gasteiger partial charge in [-0.25, -0.2) is 0 Å². The number of hydrogen-bond acceptors (Lipinski definition) is 8. The molecule has 9 N–H and O–H groups in total. The van der Waals surface area contributed by atoms with Gasteiger partial charge in [0.25, 0.3) is 0 Å². The maximum Gasteiger partial charge on any atom is 0.303 e. The van der Waals surface area contributed by atoms with Crippen molar-refractivity contribution >= 4 is 41.4 Å². The van der Waals surface area contributed by atoms with E-state index in [4.69, 9.17) is 10.8 Å². The highest BCUT2D eigenvalue weighted by atomic mass is 16.4. The van der Waals surface area contributed by atoms with Crippen LogP contribution in [-0.2, 0) is 33.6 Å². The molecule has 0 aromatic heterocycles. The topological polar surface area (TPSA) is 238 Å². The van der Waals surface area contributed by atoms with Crippen LogP contribution in [0.5, 0.6) is 0 Å². The molecule has 0 radical (unpaired) electrons. The fourth-order valence-corrected chi connectivity index (χ4v) is 3.73. The van der Waals surface area contributed by atoms with E-state index in [1.165, 1.54) is 20.9 Å². The smallest absolute Gasteiger partial charge is 0.303 e. The van der Waals surface area contributed by atoms with Gasteiger partial charge in [-0.1, -0.05) is 27.7 Å². The SMILES string of the molecule is CNC(=O)[C@H](CC(C)C)NC(=O)[C@H](CCC(=O)O)NC(=O)[C@H](C)NC(=O)[C@H](CC(C)C)NC(=O)[C@H](C)NC(=O)CN. The van der Waals surface area contributed by atoms with Crippen LogP contribution in [0.25, 0.3) is 0 Å². The van der Waals surface area contributed by atoms with E-state index >= 15 is 0 Å². The summed E-state index contributed by atoms with van der Waals surface area (Å²) < 4.78 is 0. The van der Waals surface area contributed by atoms with Gasteiger partial charge in [-0.15, -0.1) is 0 Å². The molecule has 0 rings (SSSR count). The molecule has 0 bridgehead atoms. The number of nitrogens with one attached hydrogen (secondary N) is 6. The van der Waals surface area contributed by atoms with E-state index in [0.29, 0.717) is 6.42 Å². The van der Waals surface area contributed by atoms with Gasteiger partial charge in [0.1, 0.15) is 30.2 Å². The maximum absolute atomic E-state index is 13.0. The van der Waals surface area contributed by atoms with Crippen molar-refractivity contribution in [3.8, 4) is 0 Å². The first-order valence-electron chi connectivity index (χ1n) is 13.7. The van der Waals surface area contributed by atoms with Crippen LogP contribution in [0.1, 0.15) is 67.2 Å². The van der Waals surface area contributed by atoms with Crippen LogP contribution in [-0.4, -0.2) is 90.3 Å². The molecule has 0 saturated carbocycles. The first-order valence-corrected chi connectivity index (χ1v) is 13.7. The van der Waals surface area contributed by atoms with Crippen molar-refractivity contribution < 1.29 is 38.7 Å². The second-order valence-electron chi connectivity index (χ2n) is 10.7. The predicted octanol–water partition coefficient (Wildman–Crippen LogP) is -1.89. The third-order valence-electron chi connectivity index (χ3n) is 5.91. The van der Waals surface area contributed by atoms with E-state index in [2.05, 4.69) is 31.9 Å². The molecule has 0 spiro atoms. The molecule has 5 atom stereocenters. The fraction of sp³-hybridized carbons (Fsp3) is 0.731.